The second-order valence-electron chi connectivity index (χ2n) is 6.02. The highest BCUT2D eigenvalue weighted by atomic mass is 19.1. The first-order chi connectivity index (χ1) is 12.4. The number of hydrogen-bond acceptors (Lipinski definition) is 4. The van der Waals surface area contributed by atoms with Gasteiger partial charge >= 0.3 is 0 Å². The maximum absolute atomic E-state index is 13.4. The van der Waals surface area contributed by atoms with E-state index in [1.807, 2.05) is 30.3 Å². The minimum absolute atomic E-state index is 0.00132. The highest BCUT2D eigenvalue weighted by Crippen LogP contribution is 2.27. The number of nitrogens with two attached hydrogens (primary N) is 1. The van der Waals surface area contributed by atoms with E-state index in [-0.39, 0.29) is 13.0 Å². The quantitative estimate of drug-likeness (QED) is 0.630. The summed E-state index contributed by atoms with van der Waals surface area (Å²) in [6.45, 7) is 0.200. The van der Waals surface area contributed by atoms with Crippen molar-refractivity contribution in [2.75, 3.05) is 0 Å². The van der Waals surface area contributed by atoms with Crippen LogP contribution >= 0.6 is 0 Å². The summed E-state index contributed by atoms with van der Waals surface area (Å²) in [5.74, 6) is -2.84. The van der Waals surface area contributed by atoms with Crippen molar-refractivity contribution in [1.82, 2.24) is 9.55 Å². The van der Waals surface area contributed by atoms with Crippen LogP contribution in [0.5, 0.6) is 11.5 Å². The van der Waals surface area contributed by atoms with Crippen LogP contribution in [0.2, 0.25) is 0 Å². The third-order valence-corrected chi connectivity index (χ3v) is 4.04. The van der Waals surface area contributed by atoms with Crippen LogP contribution in [0.25, 0.3) is 0 Å². The highest BCUT2D eigenvalue weighted by Gasteiger charge is 2.16. The molecule has 0 spiro atoms. The standard InChI is InChI=1S/C19H18FN3O3/c20-19-16(24)7-13(8-17(19)25)10-23-11-22-14(15(23)9-18(21)26)6-12-4-2-1-3-5-12/h1-5,7-8,11,24-25H,6,9-10H2,(H2,21,26). The molecule has 26 heavy (non-hydrogen) atoms. The maximum atomic E-state index is 13.4. The summed E-state index contributed by atoms with van der Waals surface area (Å²) in [6, 6.07) is 12.1. The van der Waals surface area contributed by atoms with E-state index in [0.29, 0.717) is 23.4 Å². The Morgan fingerprint density at radius 2 is 1.77 bits per heavy atom. The Kier molecular flexibility index (Phi) is 4.88. The molecular weight excluding hydrogens is 337 g/mol. The molecule has 134 valence electrons. The van der Waals surface area contributed by atoms with E-state index in [4.69, 9.17) is 5.73 Å². The van der Waals surface area contributed by atoms with Crippen LogP contribution in [0.4, 0.5) is 4.39 Å². The van der Waals surface area contributed by atoms with Crippen molar-refractivity contribution in [1.29, 1.82) is 0 Å². The SMILES string of the molecule is NC(=O)Cc1c(Cc2ccccc2)ncn1Cc1cc(O)c(F)c(O)c1. The number of primary amides is 1. The minimum Gasteiger partial charge on any atom is -0.505 e. The van der Waals surface area contributed by atoms with Gasteiger partial charge in [-0.2, -0.15) is 4.39 Å². The number of aromatic nitrogens is 2. The maximum Gasteiger partial charge on any atom is 0.223 e. The van der Waals surface area contributed by atoms with Gasteiger partial charge in [0.15, 0.2) is 11.5 Å². The van der Waals surface area contributed by atoms with Crippen molar-refractivity contribution < 1.29 is 19.4 Å². The first-order valence-electron chi connectivity index (χ1n) is 7.99. The smallest absolute Gasteiger partial charge is 0.223 e. The monoisotopic (exact) mass is 355 g/mol. The molecule has 0 fully saturated rings. The van der Waals surface area contributed by atoms with Gasteiger partial charge in [-0.3, -0.25) is 4.79 Å². The Labute approximate surface area is 149 Å². The molecule has 0 saturated carbocycles. The molecule has 3 aromatic rings. The number of halogens is 1. The molecule has 0 aliphatic rings. The van der Waals surface area contributed by atoms with E-state index in [1.165, 1.54) is 12.1 Å². The van der Waals surface area contributed by atoms with Crippen molar-refractivity contribution in [2.24, 2.45) is 5.73 Å². The van der Waals surface area contributed by atoms with Gasteiger partial charge in [-0.25, -0.2) is 4.98 Å². The molecule has 7 heteroatoms. The molecule has 0 radical (unpaired) electrons. The first-order valence-corrected chi connectivity index (χ1v) is 7.99. The number of phenolic OH excluding ortho intramolecular Hbond substituents is 2. The molecule has 2 aromatic carbocycles. The molecule has 1 aromatic heterocycles. The summed E-state index contributed by atoms with van der Waals surface area (Å²) in [5.41, 5.74) is 8.23. The van der Waals surface area contributed by atoms with Gasteiger partial charge in [0.05, 0.1) is 24.1 Å². The molecule has 1 heterocycles. The van der Waals surface area contributed by atoms with Gasteiger partial charge in [-0.15, -0.1) is 0 Å². The topological polar surface area (TPSA) is 101 Å². The second kappa shape index (κ2) is 7.26. The molecule has 0 bridgehead atoms. The summed E-state index contributed by atoms with van der Waals surface area (Å²) in [5, 5.41) is 19.1. The first kappa shape index (κ1) is 17.5. The van der Waals surface area contributed by atoms with Crippen LogP contribution < -0.4 is 5.73 Å². The fraction of sp³-hybridized carbons (Fsp3) is 0.158. The highest BCUT2D eigenvalue weighted by molar-refractivity contribution is 5.76. The van der Waals surface area contributed by atoms with Crippen LogP contribution in [0.1, 0.15) is 22.5 Å². The molecule has 4 N–H and O–H groups in total. The van der Waals surface area contributed by atoms with Crippen molar-refractivity contribution in [2.45, 2.75) is 19.4 Å². The van der Waals surface area contributed by atoms with E-state index in [0.717, 1.165) is 5.56 Å². The zero-order valence-electron chi connectivity index (χ0n) is 13.9. The lowest BCUT2D eigenvalue weighted by Gasteiger charge is -2.10. The fourth-order valence-electron chi connectivity index (χ4n) is 2.83. The van der Waals surface area contributed by atoms with E-state index in [9.17, 15) is 19.4 Å². The van der Waals surface area contributed by atoms with Crippen LogP contribution in [-0.4, -0.2) is 25.7 Å². The summed E-state index contributed by atoms with van der Waals surface area (Å²) >= 11 is 0. The van der Waals surface area contributed by atoms with Crippen molar-refractivity contribution in [3.63, 3.8) is 0 Å². The Hall–Kier alpha value is -3.35. The van der Waals surface area contributed by atoms with Gasteiger partial charge in [0.2, 0.25) is 11.7 Å². The van der Waals surface area contributed by atoms with Gasteiger partial charge in [0, 0.05) is 13.0 Å². The lowest BCUT2D eigenvalue weighted by Crippen LogP contribution is -2.18. The molecule has 0 unspecified atom stereocenters. The number of imidazole rings is 1. The summed E-state index contributed by atoms with van der Waals surface area (Å²) in [7, 11) is 0. The zero-order chi connectivity index (χ0) is 18.7. The Bertz CT molecular complexity index is 915. The summed E-state index contributed by atoms with van der Waals surface area (Å²) in [4.78, 5) is 15.9. The average Bonchev–Trinajstić information content (AvgIpc) is 2.95. The van der Waals surface area contributed by atoms with Crippen LogP contribution in [-0.2, 0) is 24.2 Å². The van der Waals surface area contributed by atoms with E-state index in [2.05, 4.69) is 4.98 Å². The molecule has 0 saturated heterocycles. The van der Waals surface area contributed by atoms with Gasteiger partial charge in [-0.1, -0.05) is 30.3 Å². The number of carbonyl (C=O) groups excluding carboxylic acids is 1. The van der Waals surface area contributed by atoms with Crippen LogP contribution in [0.3, 0.4) is 0 Å². The lowest BCUT2D eigenvalue weighted by molar-refractivity contribution is -0.117. The lowest BCUT2D eigenvalue weighted by atomic mass is 10.1. The van der Waals surface area contributed by atoms with E-state index >= 15 is 0 Å². The number of carbonyl (C=O) groups is 1. The molecule has 0 aliphatic carbocycles. The van der Waals surface area contributed by atoms with Crippen molar-refractivity contribution >= 4 is 5.91 Å². The molecule has 6 nitrogen and oxygen atoms in total. The molecule has 0 atom stereocenters. The number of rotatable bonds is 6. The number of phenols is 2. The van der Waals surface area contributed by atoms with Crippen LogP contribution in [0, 0.1) is 5.82 Å². The van der Waals surface area contributed by atoms with Gasteiger partial charge < -0.3 is 20.5 Å². The number of amides is 1. The van der Waals surface area contributed by atoms with Gasteiger partial charge in [-0.05, 0) is 23.3 Å². The molecule has 0 aliphatic heterocycles. The number of benzene rings is 2. The zero-order valence-corrected chi connectivity index (χ0v) is 13.9. The average molecular weight is 355 g/mol. The predicted molar refractivity (Wildman–Crippen MR) is 93.2 cm³/mol. The fourth-order valence-corrected chi connectivity index (χ4v) is 2.83. The number of hydrogen-bond donors (Lipinski definition) is 3. The number of aromatic hydroxyl groups is 2. The molecule has 3 rings (SSSR count). The number of nitrogens with zero attached hydrogens (tertiary/aromatic N) is 2. The van der Waals surface area contributed by atoms with E-state index < -0.39 is 23.2 Å². The second-order valence-corrected chi connectivity index (χ2v) is 6.02. The van der Waals surface area contributed by atoms with Crippen LogP contribution in [0.15, 0.2) is 48.8 Å². The Morgan fingerprint density at radius 3 is 2.38 bits per heavy atom. The Balaban J connectivity index is 1.93. The molecular formula is C19H18FN3O3. The largest absolute Gasteiger partial charge is 0.505 e. The van der Waals surface area contributed by atoms with Crippen molar-refractivity contribution in [3.05, 3.63) is 77.1 Å². The summed E-state index contributed by atoms with van der Waals surface area (Å²) in [6.07, 6.45) is 2.10. The molecule has 1 amide bonds. The third-order valence-electron chi connectivity index (χ3n) is 4.04. The normalized spacial score (nSPS) is 10.8. The summed E-state index contributed by atoms with van der Waals surface area (Å²) < 4.78 is 15.1. The predicted octanol–water partition coefficient (Wildman–Crippen LogP) is 2.10. The third kappa shape index (κ3) is 3.83. The van der Waals surface area contributed by atoms with Gasteiger partial charge in [0.25, 0.3) is 0 Å². The van der Waals surface area contributed by atoms with Crippen molar-refractivity contribution in [3.8, 4) is 11.5 Å². The Morgan fingerprint density at radius 1 is 1.12 bits per heavy atom. The minimum atomic E-state index is -1.07. The van der Waals surface area contributed by atoms with Gasteiger partial charge in [0.1, 0.15) is 0 Å². The van der Waals surface area contributed by atoms with E-state index in [1.54, 1.807) is 10.9 Å².